The third-order valence-corrected chi connectivity index (χ3v) is 3.23. The van der Waals surface area contributed by atoms with Crippen LogP contribution < -0.4 is 5.32 Å². The lowest BCUT2D eigenvalue weighted by atomic mass is 10.3. The number of aromatic nitrogens is 2. The molecule has 102 valence electrons. The average molecular weight is 342 g/mol. The Morgan fingerprint density at radius 3 is 2.65 bits per heavy atom. The molecular weight excluding hydrogens is 335 g/mol. The average Bonchev–Trinajstić information content (AvgIpc) is 2.81. The molecule has 3 nitrogen and oxygen atoms in total. The summed E-state index contributed by atoms with van der Waals surface area (Å²) in [6.07, 6.45) is 0. The first kappa shape index (κ1) is 13.0. The minimum absolute atomic E-state index is 0.193. The van der Waals surface area contributed by atoms with Crippen molar-refractivity contribution in [1.82, 2.24) is 9.97 Å². The summed E-state index contributed by atoms with van der Waals surface area (Å²) in [7, 11) is 0. The number of rotatable bonds is 2. The fourth-order valence-corrected chi connectivity index (χ4v) is 2.15. The molecule has 1 aromatic heterocycles. The Hall–Kier alpha value is -2.02. The SMILES string of the molecule is Fc1ccc(Nc2nc3ccc(Br)cc3[nH]2)c(F)c1F. The van der Waals surface area contributed by atoms with Gasteiger partial charge in [-0.15, -0.1) is 0 Å². The van der Waals surface area contributed by atoms with Gasteiger partial charge in [0.1, 0.15) is 0 Å². The van der Waals surface area contributed by atoms with E-state index in [1.165, 1.54) is 0 Å². The third kappa shape index (κ3) is 2.24. The normalized spacial score (nSPS) is 11.0. The third-order valence-electron chi connectivity index (χ3n) is 2.73. The van der Waals surface area contributed by atoms with Crippen LogP contribution in [0.2, 0.25) is 0 Å². The highest BCUT2D eigenvalue weighted by atomic mass is 79.9. The van der Waals surface area contributed by atoms with Crippen molar-refractivity contribution in [2.45, 2.75) is 0 Å². The van der Waals surface area contributed by atoms with Crippen LogP contribution in [0.4, 0.5) is 24.8 Å². The van der Waals surface area contributed by atoms with E-state index in [9.17, 15) is 13.2 Å². The number of hydrogen-bond acceptors (Lipinski definition) is 2. The lowest BCUT2D eigenvalue weighted by Crippen LogP contribution is -1.99. The first-order valence-corrected chi connectivity index (χ1v) is 6.39. The van der Waals surface area contributed by atoms with E-state index in [1.807, 2.05) is 6.07 Å². The number of halogens is 4. The number of H-pyrrole nitrogens is 1. The molecule has 0 aliphatic heterocycles. The Kier molecular flexibility index (Phi) is 3.13. The van der Waals surface area contributed by atoms with Crippen molar-refractivity contribution in [2.24, 2.45) is 0 Å². The molecule has 0 atom stereocenters. The van der Waals surface area contributed by atoms with Crippen LogP contribution in [0.5, 0.6) is 0 Å². The van der Waals surface area contributed by atoms with Crippen molar-refractivity contribution in [3.63, 3.8) is 0 Å². The number of nitrogens with zero attached hydrogens (tertiary/aromatic N) is 1. The Morgan fingerprint density at radius 2 is 1.85 bits per heavy atom. The summed E-state index contributed by atoms with van der Waals surface area (Å²) >= 11 is 3.32. The number of hydrogen-bond donors (Lipinski definition) is 2. The van der Waals surface area contributed by atoms with Crippen molar-refractivity contribution in [3.8, 4) is 0 Å². The highest BCUT2D eigenvalue weighted by molar-refractivity contribution is 9.10. The summed E-state index contributed by atoms with van der Waals surface area (Å²) in [5, 5.41) is 2.59. The molecule has 0 saturated heterocycles. The van der Waals surface area contributed by atoms with Gasteiger partial charge in [-0.3, -0.25) is 0 Å². The molecule has 2 N–H and O–H groups in total. The molecule has 0 saturated carbocycles. The molecule has 0 bridgehead atoms. The molecule has 3 rings (SSSR count). The monoisotopic (exact) mass is 341 g/mol. The van der Waals surface area contributed by atoms with E-state index in [4.69, 9.17) is 0 Å². The smallest absolute Gasteiger partial charge is 0.205 e. The molecule has 7 heteroatoms. The zero-order valence-corrected chi connectivity index (χ0v) is 11.4. The van der Waals surface area contributed by atoms with Crippen LogP contribution in [0.3, 0.4) is 0 Å². The Balaban J connectivity index is 1.99. The summed E-state index contributed by atoms with van der Waals surface area (Å²) in [4.78, 5) is 7.08. The highest BCUT2D eigenvalue weighted by Crippen LogP contribution is 2.24. The van der Waals surface area contributed by atoms with Crippen LogP contribution in [0, 0.1) is 17.5 Å². The van der Waals surface area contributed by atoms with Gasteiger partial charge in [0.05, 0.1) is 16.7 Å². The molecule has 2 aromatic carbocycles. The zero-order chi connectivity index (χ0) is 14.3. The molecule has 0 aliphatic rings. The quantitative estimate of drug-likeness (QED) is 0.674. The van der Waals surface area contributed by atoms with Crippen molar-refractivity contribution in [3.05, 3.63) is 52.3 Å². The molecule has 0 fully saturated rings. The van der Waals surface area contributed by atoms with Crippen molar-refractivity contribution in [2.75, 3.05) is 5.32 Å². The van der Waals surface area contributed by atoms with Crippen molar-refractivity contribution in [1.29, 1.82) is 0 Å². The fourth-order valence-electron chi connectivity index (χ4n) is 1.79. The maximum Gasteiger partial charge on any atom is 0.205 e. The van der Waals surface area contributed by atoms with Gasteiger partial charge < -0.3 is 10.3 Å². The number of benzene rings is 2. The minimum atomic E-state index is -1.52. The second-order valence-electron chi connectivity index (χ2n) is 4.09. The predicted octanol–water partition coefficient (Wildman–Crippen LogP) is 4.49. The maximum absolute atomic E-state index is 13.5. The summed E-state index contributed by atoms with van der Waals surface area (Å²) in [5.74, 6) is -3.80. The van der Waals surface area contributed by atoms with Crippen molar-refractivity contribution >= 4 is 38.6 Å². The molecule has 0 amide bonds. The van der Waals surface area contributed by atoms with E-state index >= 15 is 0 Å². The predicted molar refractivity (Wildman–Crippen MR) is 73.4 cm³/mol. The highest BCUT2D eigenvalue weighted by Gasteiger charge is 2.14. The minimum Gasteiger partial charge on any atom is -0.324 e. The van der Waals surface area contributed by atoms with Gasteiger partial charge in [-0.2, -0.15) is 0 Å². The molecule has 0 unspecified atom stereocenters. The van der Waals surface area contributed by atoms with Gasteiger partial charge in [-0.1, -0.05) is 15.9 Å². The molecule has 0 spiro atoms. The van der Waals surface area contributed by atoms with Crippen LogP contribution in [0.15, 0.2) is 34.8 Å². The molecule has 1 heterocycles. The largest absolute Gasteiger partial charge is 0.324 e. The first-order valence-electron chi connectivity index (χ1n) is 5.60. The van der Waals surface area contributed by atoms with Crippen molar-refractivity contribution < 1.29 is 13.2 Å². The molecule has 0 aliphatic carbocycles. The molecule has 0 radical (unpaired) electrons. The number of nitrogens with one attached hydrogen (secondary N) is 2. The van der Waals surface area contributed by atoms with Crippen LogP contribution in [0.25, 0.3) is 11.0 Å². The van der Waals surface area contributed by atoms with Gasteiger partial charge in [-0.05, 0) is 30.3 Å². The summed E-state index contributed by atoms with van der Waals surface area (Å²) in [6.45, 7) is 0. The van der Waals surface area contributed by atoms with Gasteiger partial charge in [0.2, 0.25) is 5.95 Å². The van der Waals surface area contributed by atoms with Gasteiger partial charge in [0, 0.05) is 4.47 Å². The van der Waals surface area contributed by atoms with E-state index in [0.29, 0.717) is 5.52 Å². The number of anilines is 2. The number of imidazole rings is 1. The van der Waals surface area contributed by atoms with Gasteiger partial charge in [0.25, 0.3) is 0 Å². The lowest BCUT2D eigenvalue weighted by Gasteiger charge is -2.05. The fraction of sp³-hybridized carbons (Fsp3) is 0. The Morgan fingerprint density at radius 1 is 1.05 bits per heavy atom. The van der Waals surface area contributed by atoms with E-state index in [0.717, 1.165) is 22.1 Å². The van der Waals surface area contributed by atoms with Gasteiger partial charge >= 0.3 is 0 Å². The Bertz CT molecular complexity index is 801. The van der Waals surface area contributed by atoms with E-state index < -0.39 is 17.5 Å². The topological polar surface area (TPSA) is 40.7 Å². The maximum atomic E-state index is 13.5. The second-order valence-corrected chi connectivity index (χ2v) is 5.01. The van der Waals surface area contributed by atoms with Gasteiger partial charge in [0.15, 0.2) is 17.5 Å². The lowest BCUT2D eigenvalue weighted by molar-refractivity contribution is 0.449. The van der Waals surface area contributed by atoms with Crippen LogP contribution in [0.1, 0.15) is 0 Å². The molecule has 3 aromatic rings. The van der Waals surface area contributed by atoms with Gasteiger partial charge in [-0.25, -0.2) is 18.2 Å². The molecular formula is C13H7BrF3N3. The zero-order valence-electron chi connectivity index (χ0n) is 9.85. The second kappa shape index (κ2) is 4.82. The van der Waals surface area contributed by atoms with E-state index in [2.05, 4.69) is 31.2 Å². The van der Waals surface area contributed by atoms with E-state index in [-0.39, 0.29) is 11.6 Å². The summed E-state index contributed by atoms with van der Waals surface area (Å²) < 4.78 is 40.4. The van der Waals surface area contributed by atoms with Crippen LogP contribution >= 0.6 is 15.9 Å². The molecule has 20 heavy (non-hydrogen) atoms. The number of aromatic amines is 1. The standard InChI is InChI=1S/C13H7BrF3N3/c14-6-1-3-8-10(5-6)20-13(18-8)19-9-4-2-7(15)11(16)12(9)17/h1-5H,(H2,18,19,20). The Labute approximate surface area is 120 Å². The van der Waals surface area contributed by atoms with Crippen LogP contribution in [-0.2, 0) is 0 Å². The van der Waals surface area contributed by atoms with E-state index in [1.54, 1.807) is 12.1 Å². The van der Waals surface area contributed by atoms with Crippen LogP contribution in [-0.4, -0.2) is 9.97 Å². The number of fused-ring (bicyclic) bond motifs is 1. The first-order chi connectivity index (χ1) is 9.54. The summed E-state index contributed by atoms with van der Waals surface area (Å²) in [6, 6.07) is 7.33. The summed E-state index contributed by atoms with van der Waals surface area (Å²) in [5.41, 5.74) is 1.20.